The number of carbonyl (C=O) groups is 1. The minimum atomic E-state index is -0.387. The van der Waals surface area contributed by atoms with Crippen LogP contribution >= 0.6 is 0 Å². The lowest BCUT2D eigenvalue weighted by Crippen LogP contribution is -2.49. The lowest BCUT2D eigenvalue weighted by atomic mass is 10.1. The van der Waals surface area contributed by atoms with Gasteiger partial charge in [0.25, 0.3) is 5.91 Å². The molecule has 7 heteroatoms. The van der Waals surface area contributed by atoms with Gasteiger partial charge in [0.2, 0.25) is 0 Å². The summed E-state index contributed by atoms with van der Waals surface area (Å²) < 4.78 is 13.1. The van der Waals surface area contributed by atoms with Crippen LogP contribution in [-0.4, -0.2) is 60.9 Å². The molecule has 1 aromatic heterocycles. The maximum atomic E-state index is 13.1. The highest BCUT2D eigenvalue weighted by Gasteiger charge is 2.37. The summed E-state index contributed by atoms with van der Waals surface area (Å²) in [6.07, 6.45) is 4.82. The molecule has 1 saturated carbocycles. The van der Waals surface area contributed by atoms with Gasteiger partial charge < -0.3 is 30.0 Å². The zero-order valence-corrected chi connectivity index (χ0v) is 16.5. The molecule has 28 heavy (non-hydrogen) atoms. The Balaban J connectivity index is 1.60. The quantitative estimate of drug-likeness (QED) is 0.533. The van der Waals surface area contributed by atoms with E-state index in [0.29, 0.717) is 25.7 Å². The van der Waals surface area contributed by atoms with E-state index in [-0.39, 0.29) is 12.0 Å². The number of ether oxygens (including phenoxy) is 2. The molecule has 7 nitrogen and oxygen atoms in total. The summed E-state index contributed by atoms with van der Waals surface area (Å²) in [4.78, 5) is 15.1. The predicted molar refractivity (Wildman–Crippen MR) is 109 cm³/mol. The largest absolute Gasteiger partial charge is 0.398 e. The van der Waals surface area contributed by atoms with Gasteiger partial charge in [0.1, 0.15) is 6.10 Å². The summed E-state index contributed by atoms with van der Waals surface area (Å²) in [6, 6.07) is 6.33. The number of nitrogens with one attached hydrogen (secondary N) is 1. The second kappa shape index (κ2) is 8.51. The first kappa shape index (κ1) is 19.2. The first-order chi connectivity index (χ1) is 13.7. The van der Waals surface area contributed by atoms with Gasteiger partial charge >= 0.3 is 0 Å². The van der Waals surface area contributed by atoms with Gasteiger partial charge in [-0.15, -0.1) is 0 Å². The van der Waals surface area contributed by atoms with E-state index in [1.807, 2.05) is 17.0 Å². The number of rotatable bonds is 8. The van der Waals surface area contributed by atoms with Gasteiger partial charge in [0, 0.05) is 63.2 Å². The van der Waals surface area contributed by atoms with Crippen LogP contribution in [0.1, 0.15) is 24.8 Å². The van der Waals surface area contributed by atoms with Crippen molar-refractivity contribution in [3.63, 3.8) is 0 Å². The molecule has 1 unspecified atom stereocenters. The number of aromatic nitrogens is 1. The van der Waals surface area contributed by atoms with Crippen molar-refractivity contribution in [2.75, 3.05) is 39.1 Å². The molecule has 0 radical (unpaired) electrons. The molecule has 2 heterocycles. The summed E-state index contributed by atoms with van der Waals surface area (Å²) in [7, 11) is 1.72. The van der Waals surface area contributed by atoms with Crippen LogP contribution < -0.4 is 11.1 Å². The number of methoxy groups -OCH3 is 1. The molecule has 1 aliphatic carbocycles. The Kier molecular flexibility index (Phi) is 5.85. The van der Waals surface area contributed by atoms with Crippen LogP contribution in [0, 0.1) is 0 Å². The first-order valence-electron chi connectivity index (χ1n) is 10.2. The van der Waals surface area contributed by atoms with E-state index in [2.05, 4.69) is 22.1 Å². The normalized spacial score (nSPS) is 19.8. The van der Waals surface area contributed by atoms with E-state index in [1.165, 1.54) is 0 Å². The third-order valence-electron chi connectivity index (χ3n) is 5.58. The van der Waals surface area contributed by atoms with Gasteiger partial charge in [-0.1, -0.05) is 6.07 Å². The number of nitrogens with two attached hydrogens (primary N) is 1. The van der Waals surface area contributed by atoms with Gasteiger partial charge in [-0.3, -0.25) is 4.79 Å². The number of fused-ring (bicyclic) bond motifs is 1. The van der Waals surface area contributed by atoms with Gasteiger partial charge in [0.15, 0.2) is 0 Å². The highest BCUT2D eigenvalue weighted by Crippen LogP contribution is 2.33. The van der Waals surface area contributed by atoms with Crippen LogP contribution in [0.5, 0.6) is 0 Å². The number of hydrogen-bond acceptors (Lipinski definition) is 5. The van der Waals surface area contributed by atoms with Crippen molar-refractivity contribution >= 4 is 22.5 Å². The summed E-state index contributed by atoms with van der Waals surface area (Å²) in [5.41, 5.74) is 9.32. The molecule has 2 fully saturated rings. The Bertz CT molecular complexity index is 824. The smallest absolute Gasteiger partial charge is 0.253 e. The number of carbonyl (C=O) groups excluding carboxylic acids is 1. The van der Waals surface area contributed by atoms with Crippen LogP contribution in [0.4, 0.5) is 5.69 Å². The molecule has 1 amide bonds. The Morgan fingerprint density at radius 2 is 2.29 bits per heavy atom. The van der Waals surface area contributed by atoms with Crippen molar-refractivity contribution < 1.29 is 14.3 Å². The lowest BCUT2D eigenvalue weighted by Gasteiger charge is -2.30. The Morgan fingerprint density at radius 1 is 1.43 bits per heavy atom. The number of amides is 1. The number of hydrogen-bond donors (Lipinski definition) is 2. The second-order valence-corrected chi connectivity index (χ2v) is 7.70. The van der Waals surface area contributed by atoms with Crippen molar-refractivity contribution in [2.24, 2.45) is 0 Å². The maximum absolute atomic E-state index is 13.1. The maximum Gasteiger partial charge on any atom is 0.253 e. The van der Waals surface area contributed by atoms with E-state index in [4.69, 9.17) is 15.2 Å². The van der Waals surface area contributed by atoms with Crippen LogP contribution in [0.2, 0.25) is 0 Å². The standard InChI is InChI=1S/C21H30N4O3/c1-27-10-3-9-24-13-15(20-17(22)4-2-5-18(20)24)14-25(16-6-7-16)21(26)19-12-23-8-11-28-19/h2,4-5,13,16,19,23H,3,6-12,14,22H2,1H3. The van der Waals surface area contributed by atoms with Crippen LogP contribution in [0.25, 0.3) is 10.9 Å². The molecule has 3 N–H and O–H groups in total. The molecule has 1 saturated heterocycles. The molecular formula is C21H30N4O3. The summed E-state index contributed by atoms with van der Waals surface area (Å²) in [5.74, 6) is 0.0875. The van der Waals surface area contributed by atoms with Crippen molar-refractivity contribution in [3.05, 3.63) is 30.0 Å². The van der Waals surface area contributed by atoms with Gasteiger partial charge in [0.05, 0.1) is 12.1 Å². The Hall–Kier alpha value is -2.09. The predicted octanol–water partition coefficient (Wildman–Crippen LogP) is 1.74. The minimum absolute atomic E-state index is 0.0875. The molecular weight excluding hydrogens is 356 g/mol. The van der Waals surface area contributed by atoms with E-state index < -0.39 is 0 Å². The second-order valence-electron chi connectivity index (χ2n) is 7.70. The number of benzene rings is 1. The Labute approximate surface area is 165 Å². The molecule has 1 atom stereocenters. The van der Waals surface area contributed by atoms with Gasteiger partial charge in [-0.05, 0) is 37.0 Å². The topological polar surface area (TPSA) is 81.8 Å². The van der Waals surface area contributed by atoms with Crippen molar-refractivity contribution in [3.8, 4) is 0 Å². The summed E-state index contributed by atoms with van der Waals surface area (Å²) in [6.45, 7) is 4.13. The van der Waals surface area contributed by atoms with E-state index >= 15 is 0 Å². The fraction of sp³-hybridized carbons (Fsp3) is 0.571. The van der Waals surface area contributed by atoms with E-state index in [0.717, 1.165) is 61.1 Å². The molecule has 2 aliphatic rings. The minimum Gasteiger partial charge on any atom is -0.398 e. The first-order valence-corrected chi connectivity index (χ1v) is 10.2. The molecule has 2 aromatic rings. The summed E-state index contributed by atoms with van der Waals surface area (Å²) in [5, 5.41) is 4.31. The average Bonchev–Trinajstić information content (AvgIpc) is 3.50. The van der Waals surface area contributed by atoms with E-state index in [1.54, 1.807) is 7.11 Å². The average molecular weight is 386 g/mol. The SMILES string of the molecule is COCCCn1cc(CN(C(=O)C2CNCCO2)C2CC2)c2c(N)cccc21. The number of morpholine rings is 1. The number of nitrogens with zero attached hydrogens (tertiary/aromatic N) is 2. The number of anilines is 1. The lowest BCUT2D eigenvalue weighted by molar-refractivity contribution is -0.146. The molecule has 0 bridgehead atoms. The fourth-order valence-corrected chi connectivity index (χ4v) is 4.02. The van der Waals surface area contributed by atoms with Crippen LogP contribution in [0.15, 0.2) is 24.4 Å². The van der Waals surface area contributed by atoms with Crippen molar-refractivity contribution in [2.45, 2.75) is 44.5 Å². The van der Waals surface area contributed by atoms with E-state index in [9.17, 15) is 4.79 Å². The zero-order valence-electron chi connectivity index (χ0n) is 16.5. The number of nitrogen functional groups attached to an aromatic ring is 1. The molecule has 0 spiro atoms. The van der Waals surface area contributed by atoms with Crippen LogP contribution in [-0.2, 0) is 27.4 Å². The van der Waals surface area contributed by atoms with Crippen LogP contribution in [0.3, 0.4) is 0 Å². The van der Waals surface area contributed by atoms with Crippen molar-refractivity contribution in [1.82, 2.24) is 14.8 Å². The van der Waals surface area contributed by atoms with Crippen molar-refractivity contribution in [1.29, 1.82) is 0 Å². The highest BCUT2D eigenvalue weighted by molar-refractivity contribution is 5.95. The molecule has 4 rings (SSSR count). The third-order valence-corrected chi connectivity index (χ3v) is 5.58. The van der Waals surface area contributed by atoms with Gasteiger partial charge in [-0.2, -0.15) is 0 Å². The number of aryl methyl sites for hydroxylation is 1. The molecule has 1 aromatic carbocycles. The van der Waals surface area contributed by atoms with Gasteiger partial charge in [-0.25, -0.2) is 0 Å². The fourth-order valence-electron chi connectivity index (χ4n) is 4.02. The highest BCUT2D eigenvalue weighted by atomic mass is 16.5. The third kappa shape index (κ3) is 4.01. The monoisotopic (exact) mass is 386 g/mol. The molecule has 152 valence electrons. The Morgan fingerprint density at radius 3 is 3.00 bits per heavy atom. The summed E-state index contributed by atoms with van der Waals surface area (Å²) >= 11 is 0. The molecule has 1 aliphatic heterocycles. The zero-order chi connectivity index (χ0) is 19.5.